The van der Waals surface area contributed by atoms with Crippen LogP contribution in [0, 0.1) is 27.7 Å². The molecule has 3 nitrogen and oxygen atoms in total. The van der Waals surface area contributed by atoms with E-state index >= 15 is 0 Å². The molecule has 1 heterocycles. The van der Waals surface area contributed by atoms with Gasteiger partial charge >= 0.3 is 0 Å². The van der Waals surface area contributed by atoms with Gasteiger partial charge in [-0.2, -0.15) is 0 Å². The number of carbonyl (C=O) groups excluding carboxylic acids is 1. The minimum Gasteiger partial charge on any atom is -0.512 e. The number of nitrogens with zero attached hydrogens (tertiary/aromatic N) is 1. The topological polar surface area (TPSA) is 50.2 Å². The van der Waals surface area contributed by atoms with Gasteiger partial charge in [0.15, 0.2) is 5.78 Å². The number of hydrogen-bond donors (Lipinski definition) is 1. The molecule has 1 aromatic heterocycles. The minimum absolute atomic E-state index is 0. The summed E-state index contributed by atoms with van der Waals surface area (Å²) in [6.07, 6.45) is 5.32. The maximum absolute atomic E-state index is 11.5. The number of aliphatic hydroxyl groups excluding tert-OH is 1. The maximum atomic E-state index is 11.5. The summed E-state index contributed by atoms with van der Waals surface area (Å²) < 4.78 is 0. The van der Waals surface area contributed by atoms with Crippen LogP contribution in [0.5, 0.6) is 0 Å². The van der Waals surface area contributed by atoms with Gasteiger partial charge in [0, 0.05) is 43.2 Å². The number of pyridine rings is 1. The molecule has 0 unspecified atom stereocenters. The fourth-order valence-electron chi connectivity index (χ4n) is 5.73. The fourth-order valence-corrected chi connectivity index (χ4v) is 5.73. The van der Waals surface area contributed by atoms with Crippen molar-refractivity contribution in [2.45, 2.75) is 95.9 Å². The van der Waals surface area contributed by atoms with Gasteiger partial charge in [-0.3, -0.25) is 4.79 Å². The Labute approximate surface area is 302 Å². The van der Waals surface area contributed by atoms with E-state index in [2.05, 4.69) is 114 Å². The molecule has 0 spiro atoms. The predicted octanol–water partition coefficient (Wildman–Crippen LogP) is 12.3. The molecule has 0 saturated heterocycles. The van der Waals surface area contributed by atoms with Crippen LogP contribution in [0.4, 0.5) is 0 Å². The van der Waals surface area contributed by atoms with Crippen LogP contribution in [0.1, 0.15) is 94.2 Å². The molecule has 48 heavy (non-hydrogen) atoms. The second-order valence-electron chi connectivity index (χ2n) is 17.5. The summed E-state index contributed by atoms with van der Waals surface area (Å²) in [7, 11) is 0. The molecule has 0 atom stereocenters. The molecule has 0 fully saturated rings. The predicted molar refractivity (Wildman–Crippen MR) is 202 cm³/mol. The van der Waals surface area contributed by atoms with Crippen LogP contribution in [0.2, 0.25) is 0 Å². The van der Waals surface area contributed by atoms with Crippen molar-refractivity contribution >= 4 is 38.1 Å². The van der Waals surface area contributed by atoms with Crippen molar-refractivity contribution in [2.75, 3.05) is 0 Å². The summed E-state index contributed by atoms with van der Waals surface area (Å²) >= 11 is 0. The first-order chi connectivity index (χ1) is 21.6. The van der Waals surface area contributed by atoms with Crippen LogP contribution in [0.15, 0.2) is 84.8 Å². The van der Waals surface area contributed by atoms with E-state index in [-0.39, 0.29) is 47.9 Å². The molecule has 1 N–H and O–H groups in total. The van der Waals surface area contributed by atoms with Crippen molar-refractivity contribution in [2.24, 2.45) is 21.7 Å². The van der Waals surface area contributed by atoms with E-state index in [9.17, 15) is 9.90 Å². The fraction of sp³-hybridized carbons (Fsp3) is 0.409. The average Bonchev–Trinajstić information content (AvgIpc) is 2.93. The molecule has 0 saturated carbocycles. The third kappa shape index (κ3) is 10.1. The van der Waals surface area contributed by atoms with Gasteiger partial charge in [0.05, 0.1) is 0 Å². The smallest absolute Gasteiger partial charge is 0.164 e. The molecular formula is C44H54IrNO2-. The second-order valence-corrected chi connectivity index (χ2v) is 17.5. The number of ketones is 1. The van der Waals surface area contributed by atoms with Crippen LogP contribution in [-0.2, 0) is 37.7 Å². The zero-order valence-electron chi connectivity index (χ0n) is 31.1. The van der Waals surface area contributed by atoms with Gasteiger partial charge in [0.25, 0.3) is 0 Å². The monoisotopic (exact) mass is 821 g/mol. The SMILES string of the molecule is CC(C)(C)C(=O)/C=C(\O)C(C)(C)C.CC(C)(C)Cc1[c-]c(-c2nccc3c2ccc2c4ccccc4ccc32)cc(CC(C)(C)C)c1.[Ir]. The summed E-state index contributed by atoms with van der Waals surface area (Å²) in [4.78, 5) is 16.4. The number of fused-ring (bicyclic) bond motifs is 5. The molecule has 257 valence electrons. The van der Waals surface area contributed by atoms with Gasteiger partial charge in [0.2, 0.25) is 0 Å². The Morgan fingerprint density at radius 2 is 1.25 bits per heavy atom. The molecule has 5 aromatic rings. The zero-order valence-corrected chi connectivity index (χ0v) is 33.5. The first-order valence-electron chi connectivity index (χ1n) is 16.8. The Balaban J connectivity index is 0.000000382. The van der Waals surface area contributed by atoms with Crippen molar-refractivity contribution < 1.29 is 30.0 Å². The van der Waals surface area contributed by atoms with E-state index in [0.29, 0.717) is 0 Å². The molecule has 4 aromatic carbocycles. The Morgan fingerprint density at radius 3 is 1.85 bits per heavy atom. The summed E-state index contributed by atoms with van der Waals surface area (Å²) in [5, 5.41) is 17.1. The summed E-state index contributed by atoms with van der Waals surface area (Å²) in [6.45, 7) is 24.9. The first kappa shape index (κ1) is 39.1. The third-order valence-electron chi connectivity index (χ3n) is 8.14. The Hall–Kier alpha value is -3.33. The van der Waals surface area contributed by atoms with E-state index < -0.39 is 5.41 Å². The van der Waals surface area contributed by atoms with Crippen LogP contribution < -0.4 is 0 Å². The first-order valence-corrected chi connectivity index (χ1v) is 16.8. The van der Waals surface area contributed by atoms with E-state index in [1.165, 1.54) is 49.5 Å². The maximum Gasteiger partial charge on any atom is 0.164 e. The molecule has 5 rings (SSSR count). The molecule has 4 heteroatoms. The number of rotatable bonds is 4. The molecule has 0 aliphatic carbocycles. The normalized spacial score (nSPS) is 12.9. The van der Waals surface area contributed by atoms with Gasteiger partial charge in [0.1, 0.15) is 5.76 Å². The summed E-state index contributed by atoms with van der Waals surface area (Å²) in [5.41, 5.74) is 4.44. The number of carbonyl (C=O) groups is 1. The van der Waals surface area contributed by atoms with Crippen molar-refractivity contribution in [3.05, 3.63) is 102 Å². The van der Waals surface area contributed by atoms with Gasteiger partial charge in [-0.15, -0.1) is 34.9 Å². The van der Waals surface area contributed by atoms with E-state index in [1.807, 2.05) is 47.7 Å². The molecule has 0 amide bonds. The van der Waals surface area contributed by atoms with E-state index in [0.717, 1.165) is 24.1 Å². The van der Waals surface area contributed by atoms with Gasteiger partial charge in [-0.1, -0.05) is 132 Å². The van der Waals surface area contributed by atoms with Crippen molar-refractivity contribution in [3.8, 4) is 11.3 Å². The molecule has 0 bridgehead atoms. The van der Waals surface area contributed by atoms with Crippen LogP contribution in [-0.4, -0.2) is 15.9 Å². The Morgan fingerprint density at radius 1 is 0.688 bits per heavy atom. The second kappa shape index (κ2) is 14.6. The molecule has 0 aliphatic heterocycles. The molecular weight excluding hydrogens is 767 g/mol. The van der Waals surface area contributed by atoms with Crippen molar-refractivity contribution in [3.63, 3.8) is 0 Å². The van der Waals surface area contributed by atoms with E-state index in [1.54, 1.807) is 0 Å². The Bertz CT molecular complexity index is 1910. The number of aromatic nitrogens is 1. The average molecular weight is 821 g/mol. The largest absolute Gasteiger partial charge is 0.512 e. The Kier molecular flexibility index (Phi) is 11.9. The van der Waals surface area contributed by atoms with Gasteiger partial charge in [-0.25, -0.2) is 0 Å². The zero-order chi connectivity index (χ0) is 34.9. The quantitative estimate of drug-likeness (QED) is 0.0850. The van der Waals surface area contributed by atoms with Gasteiger partial charge < -0.3 is 10.1 Å². The summed E-state index contributed by atoms with van der Waals surface area (Å²) in [5.74, 6) is 0.104. The molecule has 0 aliphatic rings. The number of allylic oxidation sites excluding steroid dienone is 2. The van der Waals surface area contributed by atoms with Gasteiger partial charge in [-0.05, 0) is 67.7 Å². The van der Waals surface area contributed by atoms with Crippen LogP contribution in [0.25, 0.3) is 43.6 Å². The number of benzene rings is 4. The van der Waals surface area contributed by atoms with E-state index in [4.69, 9.17) is 4.98 Å². The van der Waals surface area contributed by atoms with Crippen LogP contribution >= 0.6 is 0 Å². The van der Waals surface area contributed by atoms with Crippen molar-refractivity contribution in [1.82, 2.24) is 4.98 Å². The molecule has 1 radical (unpaired) electrons. The third-order valence-corrected chi connectivity index (χ3v) is 8.14. The standard InChI is InChI=1S/C33H34N.C11H20O2.Ir/c1-32(2,3)20-22-17-23(21-33(4,5)6)19-25(18-22)31-30-14-13-27-26-10-8-7-9-24(26)11-12-28(27)29(30)15-16-34-31;1-10(2,3)8(12)7-9(13)11(4,5)6;/h7-18H,20-21H2,1-6H3;7,12H,1-6H3;/q-1;;/b;8-7-;. The van der Waals surface area contributed by atoms with Crippen LogP contribution in [0.3, 0.4) is 0 Å². The summed E-state index contributed by atoms with van der Waals surface area (Å²) in [6, 6.07) is 28.2. The number of aliphatic hydroxyl groups is 1. The minimum atomic E-state index is -0.417. The van der Waals surface area contributed by atoms with Crippen molar-refractivity contribution in [1.29, 1.82) is 0 Å². The number of hydrogen-bond acceptors (Lipinski definition) is 3.